The van der Waals surface area contributed by atoms with E-state index >= 15 is 0 Å². The van der Waals surface area contributed by atoms with Crippen LogP contribution in [-0.2, 0) is 6.54 Å². The van der Waals surface area contributed by atoms with Crippen LogP contribution in [0.4, 0.5) is 0 Å². The zero-order chi connectivity index (χ0) is 14.7. The van der Waals surface area contributed by atoms with Gasteiger partial charge in [0.2, 0.25) is 0 Å². The second-order valence-electron chi connectivity index (χ2n) is 5.61. The second-order valence-corrected chi connectivity index (χ2v) is 5.61. The number of allylic oxidation sites excluding steroid dienone is 4. The summed E-state index contributed by atoms with van der Waals surface area (Å²) in [5, 5.41) is 0. The van der Waals surface area contributed by atoms with Crippen LogP contribution in [0.25, 0.3) is 0 Å². The third kappa shape index (κ3) is 2.81. The van der Waals surface area contributed by atoms with Gasteiger partial charge in [0.1, 0.15) is 0 Å². The zero-order valence-corrected chi connectivity index (χ0v) is 12.7. The molecule has 0 N–H and O–H groups in total. The summed E-state index contributed by atoms with van der Waals surface area (Å²) in [7, 11) is 0. The van der Waals surface area contributed by atoms with Gasteiger partial charge in [-0.15, -0.1) is 0 Å². The van der Waals surface area contributed by atoms with Gasteiger partial charge in [-0.3, -0.25) is 0 Å². The molecule has 0 bridgehead atoms. The Kier molecular flexibility index (Phi) is 3.97. The van der Waals surface area contributed by atoms with E-state index < -0.39 is 0 Å². The van der Waals surface area contributed by atoms with Gasteiger partial charge in [-0.05, 0) is 37.0 Å². The molecule has 0 amide bonds. The van der Waals surface area contributed by atoms with Gasteiger partial charge in [0.05, 0.1) is 5.70 Å². The average Bonchev–Trinajstić information content (AvgIpc) is 2.50. The highest BCUT2D eigenvalue weighted by Gasteiger charge is 2.19. The molecule has 1 heterocycles. The highest BCUT2D eigenvalue weighted by molar-refractivity contribution is 5.51. The maximum Gasteiger partial charge on any atom is 0.0525 e. The van der Waals surface area contributed by atoms with Crippen molar-refractivity contribution in [3.8, 4) is 11.8 Å². The van der Waals surface area contributed by atoms with Crippen LogP contribution >= 0.6 is 0 Å². The summed E-state index contributed by atoms with van der Waals surface area (Å²) in [4.78, 5) is 2.36. The summed E-state index contributed by atoms with van der Waals surface area (Å²) < 4.78 is 0. The predicted molar refractivity (Wildman–Crippen MR) is 88.3 cm³/mol. The van der Waals surface area contributed by atoms with Gasteiger partial charge in [-0.25, -0.2) is 0 Å². The van der Waals surface area contributed by atoms with Gasteiger partial charge in [0, 0.05) is 23.4 Å². The third-order valence-electron chi connectivity index (χ3n) is 4.05. The van der Waals surface area contributed by atoms with E-state index in [4.69, 9.17) is 0 Å². The Morgan fingerprint density at radius 3 is 3.00 bits per heavy atom. The Balaban J connectivity index is 2.09. The summed E-state index contributed by atoms with van der Waals surface area (Å²) in [5.41, 5.74) is 6.13. The van der Waals surface area contributed by atoms with Crippen LogP contribution in [0.15, 0.2) is 60.0 Å². The molecule has 0 radical (unpaired) electrons. The molecule has 0 saturated carbocycles. The monoisotopic (exact) mass is 275 g/mol. The number of hydrogen-bond donors (Lipinski definition) is 0. The van der Waals surface area contributed by atoms with Crippen LogP contribution in [0.2, 0.25) is 0 Å². The van der Waals surface area contributed by atoms with Gasteiger partial charge in [0.25, 0.3) is 0 Å². The summed E-state index contributed by atoms with van der Waals surface area (Å²) in [5.74, 6) is 6.76. The van der Waals surface area contributed by atoms with Crippen molar-refractivity contribution in [1.29, 1.82) is 0 Å². The first kappa shape index (κ1) is 13.8. The molecule has 0 atom stereocenters. The van der Waals surface area contributed by atoms with Crippen molar-refractivity contribution in [3.63, 3.8) is 0 Å². The van der Waals surface area contributed by atoms with Crippen molar-refractivity contribution < 1.29 is 0 Å². The lowest BCUT2D eigenvalue weighted by Crippen LogP contribution is -2.24. The lowest BCUT2D eigenvalue weighted by molar-refractivity contribution is 0.409. The summed E-state index contributed by atoms with van der Waals surface area (Å²) in [6.07, 6.45) is 8.75. The third-order valence-corrected chi connectivity index (χ3v) is 4.05. The molecule has 0 aromatic heterocycles. The van der Waals surface area contributed by atoms with E-state index in [-0.39, 0.29) is 0 Å². The molecular weight excluding hydrogens is 254 g/mol. The molecule has 21 heavy (non-hydrogen) atoms. The topological polar surface area (TPSA) is 3.24 Å². The minimum atomic E-state index is 0.868. The van der Waals surface area contributed by atoms with E-state index in [1.54, 1.807) is 0 Å². The van der Waals surface area contributed by atoms with E-state index in [9.17, 15) is 0 Å². The van der Waals surface area contributed by atoms with Gasteiger partial charge in [0.15, 0.2) is 0 Å². The lowest BCUT2D eigenvalue weighted by atomic mass is 9.97. The summed E-state index contributed by atoms with van der Waals surface area (Å²) in [6, 6.07) is 8.45. The van der Waals surface area contributed by atoms with Crippen LogP contribution in [0.3, 0.4) is 0 Å². The Morgan fingerprint density at radius 2 is 2.14 bits per heavy atom. The lowest BCUT2D eigenvalue weighted by Gasteiger charge is -2.31. The molecule has 106 valence electrons. The maximum absolute atomic E-state index is 4.31. The van der Waals surface area contributed by atoms with Crippen molar-refractivity contribution in [1.82, 2.24) is 4.90 Å². The quantitative estimate of drug-likeness (QED) is 0.718. The molecule has 1 aliphatic heterocycles. The molecule has 0 fully saturated rings. The standard InChI is InChI=1S/C20H21N/c1-3-8-16(2)21-15-19-11-5-4-9-17(19)13-14-18-10-6-7-12-20(18)21/h4-5,7,9,11-12H,2-3,6,8,10,15H2,1H3. The summed E-state index contributed by atoms with van der Waals surface area (Å²) >= 11 is 0. The smallest absolute Gasteiger partial charge is 0.0525 e. The summed E-state index contributed by atoms with van der Waals surface area (Å²) in [6.45, 7) is 7.39. The second kappa shape index (κ2) is 6.06. The predicted octanol–water partition coefficient (Wildman–Crippen LogP) is 4.77. The molecule has 0 spiro atoms. The van der Waals surface area contributed by atoms with E-state index in [0.29, 0.717) is 0 Å². The van der Waals surface area contributed by atoms with E-state index in [1.165, 1.54) is 22.5 Å². The number of benzene rings is 1. The van der Waals surface area contributed by atoms with Crippen LogP contribution < -0.4 is 0 Å². The fourth-order valence-electron chi connectivity index (χ4n) is 2.91. The molecule has 3 rings (SSSR count). The number of rotatable bonds is 3. The van der Waals surface area contributed by atoms with Crippen LogP contribution in [-0.4, -0.2) is 4.90 Å². The largest absolute Gasteiger partial charge is 0.341 e. The number of nitrogens with zero attached hydrogens (tertiary/aromatic N) is 1. The maximum atomic E-state index is 4.31. The first-order valence-electron chi connectivity index (χ1n) is 7.74. The molecule has 2 aliphatic rings. The number of hydrogen-bond acceptors (Lipinski definition) is 1. The zero-order valence-electron chi connectivity index (χ0n) is 12.7. The fourth-order valence-corrected chi connectivity index (χ4v) is 2.91. The minimum absolute atomic E-state index is 0.868. The molecule has 0 unspecified atom stereocenters. The molecule has 0 saturated heterocycles. The van der Waals surface area contributed by atoms with Crippen molar-refractivity contribution in [2.75, 3.05) is 0 Å². The molecule has 1 nitrogen and oxygen atoms in total. The van der Waals surface area contributed by atoms with E-state index in [2.05, 4.69) is 66.7 Å². The minimum Gasteiger partial charge on any atom is -0.341 e. The molecule has 1 heteroatoms. The Hall–Kier alpha value is -2.20. The van der Waals surface area contributed by atoms with E-state index in [0.717, 1.165) is 37.8 Å². The Morgan fingerprint density at radius 1 is 1.29 bits per heavy atom. The highest BCUT2D eigenvalue weighted by atomic mass is 15.1. The fraction of sp³-hybridized carbons (Fsp3) is 0.300. The SMILES string of the molecule is C=C(CCC)N1Cc2ccccc2C#CC2=C1C=CCC2. The molecular formula is C20H21N. The van der Waals surface area contributed by atoms with Crippen LogP contribution in [0.1, 0.15) is 43.7 Å². The van der Waals surface area contributed by atoms with Crippen molar-refractivity contribution in [2.45, 2.75) is 39.2 Å². The highest BCUT2D eigenvalue weighted by Crippen LogP contribution is 2.29. The van der Waals surface area contributed by atoms with Gasteiger partial charge >= 0.3 is 0 Å². The Bertz CT molecular complexity index is 679. The molecule has 1 aromatic rings. The average molecular weight is 275 g/mol. The first-order valence-corrected chi connectivity index (χ1v) is 7.74. The molecule has 1 aromatic carbocycles. The van der Waals surface area contributed by atoms with Gasteiger partial charge in [-0.1, -0.05) is 56.0 Å². The first-order chi connectivity index (χ1) is 10.3. The van der Waals surface area contributed by atoms with E-state index in [1.807, 2.05) is 0 Å². The molecule has 1 aliphatic carbocycles. The van der Waals surface area contributed by atoms with Crippen molar-refractivity contribution in [2.24, 2.45) is 0 Å². The van der Waals surface area contributed by atoms with Crippen LogP contribution in [0.5, 0.6) is 0 Å². The van der Waals surface area contributed by atoms with Gasteiger partial charge < -0.3 is 4.90 Å². The van der Waals surface area contributed by atoms with Crippen LogP contribution in [0, 0.1) is 11.8 Å². The number of fused-ring (bicyclic) bond motifs is 1. The Labute approximate surface area is 127 Å². The van der Waals surface area contributed by atoms with Crippen molar-refractivity contribution >= 4 is 0 Å². The van der Waals surface area contributed by atoms with Gasteiger partial charge in [-0.2, -0.15) is 0 Å². The normalized spacial score (nSPS) is 16.3. The van der Waals surface area contributed by atoms with Crippen molar-refractivity contribution in [3.05, 3.63) is 71.1 Å².